The van der Waals surface area contributed by atoms with Gasteiger partial charge in [0.1, 0.15) is 0 Å². The molecule has 1 aromatic rings. The highest BCUT2D eigenvalue weighted by Gasteiger charge is 2.21. The number of carbonyl (C=O) groups excluding carboxylic acids is 1. The van der Waals surface area contributed by atoms with E-state index >= 15 is 0 Å². The zero-order valence-corrected chi connectivity index (χ0v) is 11.7. The van der Waals surface area contributed by atoms with Gasteiger partial charge in [0.15, 0.2) is 11.5 Å². The molecule has 0 aliphatic rings. The minimum Gasteiger partial charge on any atom is -0.493 e. The Labute approximate surface area is 108 Å². The lowest BCUT2D eigenvalue weighted by molar-refractivity contribution is -0.123. The molecular weight excluding hydrogens is 230 g/mol. The van der Waals surface area contributed by atoms with Crippen LogP contribution >= 0.6 is 0 Å². The Hall–Kier alpha value is -1.71. The Morgan fingerprint density at radius 3 is 2.44 bits per heavy atom. The van der Waals surface area contributed by atoms with E-state index in [1.807, 2.05) is 27.7 Å². The van der Waals surface area contributed by atoms with Crippen LogP contribution in [0.4, 0.5) is 5.69 Å². The molecule has 0 saturated heterocycles. The smallest absolute Gasteiger partial charge is 0.229 e. The molecule has 18 heavy (non-hydrogen) atoms. The number of carbonyl (C=O) groups is 1. The Balaban J connectivity index is 2.89. The van der Waals surface area contributed by atoms with Crippen molar-refractivity contribution in [3.8, 4) is 11.5 Å². The summed E-state index contributed by atoms with van der Waals surface area (Å²) in [6.07, 6.45) is 0. The van der Waals surface area contributed by atoms with Crippen molar-refractivity contribution in [2.45, 2.75) is 27.7 Å². The average molecular weight is 251 g/mol. The monoisotopic (exact) mass is 251 g/mol. The molecule has 100 valence electrons. The fourth-order valence-corrected chi connectivity index (χ4v) is 1.34. The molecule has 0 unspecified atom stereocenters. The van der Waals surface area contributed by atoms with E-state index in [0.717, 1.165) is 0 Å². The molecule has 4 nitrogen and oxygen atoms in total. The minimum atomic E-state index is -0.425. The van der Waals surface area contributed by atoms with Gasteiger partial charge in [-0.05, 0) is 19.1 Å². The van der Waals surface area contributed by atoms with Crippen LogP contribution in [-0.2, 0) is 4.79 Å². The van der Waals surface area contributed by atoms with E-state index in [1.165, 1.54) is 0 Å². The average Bonchev–Trinajstić information content (AvgIpc) is 2.30. The molecule has 1 rings (SSSR count). The van der Waals surface area contributed by atoms with Gasteiger partial charge >= 0.3 is 0 Å². The lowest BCUT2D eigenvalue weighted by atomic mass is 9.95. The van der Waals surface area contributed by atoms with E-state index in [0.29, 0.717) is 23.8 Å². The summed E-state index contributed by atoms with van der Waals surface area (Å²) in [6, 6.07) is 5.35. The Morgan fingerprint density at radius 2 is 1.94 bits per heavy atom. The van der Waals surface area contributed by atoms with Gasteiger partial charge in [-0.15, -0.1) is 0 Å². The second-order valence-electron chi connectivity index (χ2n) is 5.00. The summed E-state index contributed by atoms with van der Waals surface area (Å²) < 4.78 is 10.6. The van der Waals surface area contributed by atoms with Crippen LogP contribution in [0.15, 0.2) is 18.2 Å². The molecule has 0 saturated carbocycles. The van der Waals surface area contributed by atoms with E-state index in [4.69, 9.17) is 9.47 Å². The molecule has 1 aromatic carbocycles. The van der Waals surface area contributed by atoms with Crippen LogP contribution < -0.4 is 14.8 Å². The van der Waals surface area contributed by atoms with Gasteiger partial charge in [-0.1, -0.05) is 20.8 Å². The molecule has 0 heterocycles. The summed E-state index contributed by atoms with van der Waals surface area (Å²) in [7, 11) is 1.58. The van der Waals surface area contributed by atoms with Gasteiger partial charge in [-0.2, -0.15) is 0 Å². The zero-order valence-electron chi connectivity index (χ0n) is 11.7. The first kappa shape index (κ1) is 14.4. The number of anilines is 1. The summed E-state index contributed by atoms with van der Waals surface area (Å²) in [5, 5.41) is 2.85. The van der Waals surface area contributed by atoms with Gasteiger partial charge < -0.3 is 14.8 Å². The number of rotatable bonds is 4. The second-order valence-corrected chi connectivity index (χ2v) is 5.00. The summed E-state index contributed by atoms with van der Waals surface area (Å²) in [5.74, 6) is 1.26. The van der Waals surface area contributed by atoms with Gasteiger partial charge in [0, 0.05) is 17.2 Å². The first-order chi connectivity index (χ1) is 8.38. The van der Waals surface area contributed by atoms with Crippen LogP contribution in [0.25, 0.3) is 0 Å². The highest BCUT2D eigenvalue weighted by molar-refractivity contribution is 5.94. The molecule has 0 fully saturated rings. The van der Waals surface area contributed by atoms with Crippen molar-refractivity contribution < 1.29 is 14.3 Å². The molecular formula is C14H21NO3. The molecule has 4 heteroatoms. The standard InChI is InChI=1S/C14H21NO3/c1-6-18-11-8-7-10(9-12(11)17-5)15-13(16)14(2,3)4/h7-9H,6H2,1-5H3,(H,15,16). The summed E-state index contributed by atoms with van der Waals surface area (Å²) in [5.41, 5.74) is 0.279. The maximum atomic E-state index is 11.9. The number of ether oxygens (including phenoxy) is 2. The van der Waals surface area contributed by atoms with E-state index in [2.05, 4.69) is 5.32 Å². The molecule has 0 spiro atoms. The Kier molecular flexibility index (Phi) is 4.59. The molecule has 0 aliphatic heterocycles. The molecule has 0 aromatic heterocycles. The van der Waals surface area contributed by atoms with Crippen LogP contribution in [0.5, 0.6) is 11.5 Å². The molecule has 0 radical (unpaired) electrons. The molecule has 1 amide bonds. The fourth-order valence-electron chi connectivity index (χ4n) is 1.34. The maximum absolute atomic E-state index is 11.9. The first-order valence-corrected chi connectivity index (χ1v) is 6.00. The van der Waals surface area contributed by atoms with E-state index in [9.17, 15) is 4.79 Å². The van der Waals surface area contributed by atoms with Crippen molar-refractivity contribution >= 4 is 11.6 Å². The molecule has 1 N–H and O–H groups in total. The SMILES string of the molecule is CCOc1ccc(NC(=O)C(C)(C)C)cc1OC. The van der Waals surface area contributed by atoms with Crippen LogP contribution in [0.2, 0.25) is 0 Å². The van der Waals surface area contributed by atoms with Crippen molar-refractivity contribution in [2.24, 2.45) is 5.41 Å². The lowest BCUT2D eigenvalue weighted by Crippen LogP contribution is -2.27. The number of benzene rings is 1. The number of nitrogens with one attached hydrogen (secondary N) is 1. The van der Waals surface area contributed by atoms with E-state index < -0.39 is 5.41 Å². The van der Waals surface area contributed by atoms with E-state index in [-0.39, 0.29) is 5.91 Å². The third-order valence-corrected chi connectivity index (χ3v) is 2.40. The minimum absolute atomic E-state index is 0.0336. The highest BCUT2D eigenvalue weighted by Crippen LogP contribution is 2.30. The van der Waals surface area contributed by atoms with Crippen molar-refractivity contribution in [2.75, 3.05) is 19.0 Å². The summed E-state index contributed by atoms with van der Waals surface area (Å²) in [6.45, 7) is 8.09. The third-order valence-electron chi connectivity index (χ3n) is 2.40. The number of amides is 1. The quantitative estimate of drug-likeness (QED) is 0.894. The topological polar surface area (TPSA) is 47.6 Å². The van der Waals surface area contributed by atoms with Gasteiger partial charge in [-0.3, -0.25) is 4.79 Å². The van der Waals surface area contributed by atoms with Crippen molar-refractivity contribution in [1.82, 2.24) is 0 Å². The number of methoxy groups -OCH3 is 1. The fraction of sp³-hybridized carbons (Fsp3) is 0.500. The third kappa shape index (κ3) is 3.65. The van der Waals surface area contributed by atoms with Gasteiger partial charge in [0.25, 0.3) is 0 Å². The zero-order chi connectivity index (χ0) is 13.8. The van der Waals surface area contributed by atoms with Crippen molar-refractivity contribution in [3.05, 3.63) is 18.2 Å². The Bertz CT molecular complexity index is 422. The van der Waals surface area contributed by atoms with Crippen molar-refractivity contribution in [1.29, 1.82) is 0 Å². The summed E-state index contributed by atoms with van der Waals surface area (Å²) >= 11 is 0. The van der Waals surface area contributed by atoms with Gasteiger partial charge in [-0.25, -0.2) is 0 Å². The van der Waals surface area contributed by atoms with Crippen molar-refractivity contribution in [3.63, 3.8) is 0 Å². The first-order valence-electron chi connectivity index (χ1n) is 6.00. The molecule has 0 bridgehead atoms. The van der Waals surface area contributed by atoms with Gasteiger partial charge in [0.05, 0.1) is 13.7 Å². The largest absolute Gasteiger partial charge is 0.493 e. The number of hydrogen-bond donors (Lipinski definition) is 1. The van der Waals surface area contributed by atoms with Crippen LogP contribution in [0, 0.1) is 5.41 Å². The van der Waals surface area contributed by atoms with Crippen LogP contribution in [-0.4, -0.2) is 19.6 Å². The van der Waals surface area contributed by atoms with Crippen LogP contribution in [0.1, 0.15) is 27.7 Å². The van der Waals surface area contributed by atoms with Gasteiger partial charge in [0.2, 0.25) is 5.91 Å². The predicted molar refractivity (Wildman–Crippen MR) is 72.2 cm³/mol. The predicted octanol–water partition coefficient (Wildman–Crippen LogP) is 3.08. The normalized spacial score (nSPS) is 10.9. The number of hydrogen-bond acceptors (Lipinski definition) is 3. The summed E-state index contributed by atoms with van der Waals surface area (Å²) in [4.78, 5) is 11.9. The van der Waals surface area contributed by atoms with E-state index in [1.54, 1.807) is 25.3 Å². The molecule has 0 atom stereocenters. The maximum Gasteiger partial charge on any atom is 0.229 e. The Morgan fingerprint density at radius 1 is 1.28 bits per heavy atom. The molecule has 0 aliphatic carbocycles. The lowest BCUT2D eigenvalue weighted by Gasteiger charge is -2.18. The highest BCUT2D eigenvalue weighted by atomic mass is 16.5. The second kappa shape index (κ2) is 5.76. The van der Waals surface area contributed by atoms with Crippen LogP contribution in [0.3, 0.4) is 0 Å².